The van der Waals surface area contributed by atoms with Crippen LogP contribution in [0.15, 0.2) is 4.79 Å². The summed E-state index contributed by atoms with van der Waals surface area (Å²) in [5.41, 5.74) is 3.50. The van der Waals surface area contributed by atoms with Crippen molar-refractivity contribution in [3.05, 3.63) is 27.2 Å². The number of rotatable bonds is 2. The molecule has 1 amide bonds. The van der Waals surface area contributed by atoms with Gasteiger partial charge in [-0.25, -0.2) is 4.98 Å². The van der Waals surface area contributed by atoms with E-state index >= 15 is 0 Å². The van der Waals surface area contributed by atoms with Crippen LogP contribution >= 0.6 is 0 Å². The normalized spacial score (nSPS) is 19.6. The number of fused-ring (bicyclic) bond motifs is 1. The number of aromatic amines is 1. The number of likely N-dealkylation sites (tertiary alicyclic amines) is 1. The number of carbonyl (C=O) groups excluding carboxylic acids is 1. The Morgan fingerprint density at radius 1 is 1.23 bits per heavy atom. The maximum absolute atomic E-state index is 12.9. The van der Waals surface area contributed by atoms with Crippen molar-refractivity contribution < 1.29 is 4.79 Å². The minimum Gasteiger partial charge on any atom is -0.342 e. The summed E-state index contributed by atoms with van der Waals surface area (Å²) in [5, 5.41) is 6.81. The summed E-state index contributed by atoms with van der Waals surface area (Å²) in [6.07, 6.45) is 3.71. The largest absolute Gasteiger partial charge is 0.342 e. The Morgan fingerprint density at radius 2 is 1.96 bits per heavy atom. The Hall–Kier alpha value is -2.15. The van der Waals surface area contributed by atoms with Crippen molar-refractivity contribution in [2.75, 3.05) is 26.2 Å². The van der Waals surface area contributed by atoms with E-state index in [1.165, 1.54) is 6.42 Å². The standard InChI is InChI=1S/C19H27N5O2/c1-12-14(13(2)21-17-16(12)18(26)22-23(17)3)10-15(25)24-8-5-19(6-9-24)4-7-20-11-19/h20H,4-11H2,1-3H3,(H,22,26). The zero-order valence-corrected chi connectivity index (χ0v) is 15.8. The highest BCUT2D eigenvalue weighted by Crippen LogP contribution is 2.37. The number of piperidine rings is 1. The molecule has 0 aliphatic carbocycles. The average Bonchev–Trinajstić information content (AvgIpc) is 3.17. The summed E-state index contributed by atoms with van der Waals surface area (Å²) < 4.78 is 1.64. The van der Waals surface area contributed by atoms with E-state index in [-0.39, 0.29) is 11.5 Å². The van der Waals surface area contributed by atoms with Gasteiger partial charge in [0.25, 0.3) is 5.56 Å². The van der Waals surface area contributed by atoms with Gasteiger partial charge in [0.1, 0.15) is 0 Å². The summed E-state index contributed by atoms with van der Waals surface area (Å²) in [6, 6.07) is 0. The number of nitrogens with one attached hydrogen (secondary N) is 2. The first kappa shape index (κ1) is 17.3. The highest BCUT2D eigenvalue weighted by atomic mass is 16.2. The molecule has 7 nitrogen and oxygen atoms in total. The monoisotopic (exact) mass is 357 g/mol. The minimum atomic E-state index is -0.144. The molecule has 0 saturated carbocycles. The lowest BCUT2D eigenvalue weighted by Crippen LogP contribution is -2.44. The molecule has 1 spiro atoms. The summed E-state index contributed by atoms with van der Waals surface area (Å²) in [7, 11) is 1.78. The van der Waals surface area contributed by atoms with Gasteiger partial charge in [-0.2, -0.15) is 0 Å². The molecule has 2 aromatic rings. The predicted molar refractivity (Wildman–Crippen MR) is 100 cm³/mol. The molecule has 26 heavy (non-hydrogen) atoms. The summed E-state index contributed by atoms with van der Waals surface area (Å²) >= 11 is 0. The van der Waals surface area contributed by atoms with Crippen molar-refractivity contribution in [1.29, 1.82) is 0 Å². The highest BCUT2D eigenvalue weighted by Gasteiger charge is 2.38. The van der Waals surface area contributed by atoms with Crippen LogP contribution in [0.1, 0.15) is 36.1 Å². The van der Waals surface area contributed by atoms with Gasteiger partial charge >= 0.3 is 0 Å². The fourth-order valence-electron chi connectivity index (χ4n) is 4.62. The van der Waals surface area contributed by atoms with Gasteiger partial charge in [-0.3, -0.25) is 19.4 Å². The van der Waals surface area contributed by atoms with Gasteiger partial charge in [0, 0.05) is 32.4 Å². The van der Waals surface area contributed by atoms with Crippen LogP contribution in [-0.2, 0) is 18.3 Å². The van der Waals surface area contributed by atoms with Crippen molar-refractivity contribution in [2.45, 2.75) is 39.5 Å². The first-order valence-corrected chi connectivity index (χ1v) is 9.43. The van der Waals surface area contributed by atoms with E-state index in [2.05, 4.69) is 15.4 Å². The van der Waals surface area contributed by atoms with Crippen molar-refractivity contribution in [1.82, 2.24) is 25.0 Å². The molecule has 4 heterocycles. The smallest absolute Gasteiger partial charge is 0.273 e. The number of pyridine rings is 1. The fraction of sp³-hybridized carbons (Fsp3) is 0.632. The molecule has 2 aliphatic rings. The number of aromatic nitrogens is 3. The van der Waals surface area contributed by atoms with E-state index in [0.29, 0.717) is 22.9 Å². The highest BCUT2D eigenvalue weighted by molar-refractivity contribution is 5.84. The second-order valence-electron chi connectivity index (χ2n) is 7.98. The van der Waals surface area contributed by atoms with E-state index in [9.17, 15) is 9.59 Å². The van der Waals surface area contributed by atoms with Crippen molar-refractivity contribution in [3.63, 3.8) is 0 Å². The predicted octanol–water partition coefficient (Wildman–Crippen LogP) is 1.02. The van der Waals surface area contributed by atoms with Crippen LogP contribution in [0.2, 0.25) is 0 Å². The average molecular weight is 357 g/mol. The van der Waals surface area contributed by atoms with Crippen LogP contribution < -0.4 is 10.9 Å². The Morgan fingerprint density at radius 3 is 2.62 bits per heavy atom. The van der Waals surface area contributed by atoms with E-state index in [1.807, 2.05) is 18.7 Å². The van der Waals surface area contributed by atoms with Crippen molar-refractivity contribution in [2.24, 2.45) is 12.5 Å². The molecule has 2 N–H and O–H groups in total. The van der Waals surface area contributed by atoms with Crippen LogP contribution in [0.5, 0.6) is 0 Å². The third kappa shape index (κ3) is 2.74. The van der Waals surface area contributed by atoms with Gasteiger partial charge in [-0.05, 0) is 56.2 Å². The van der Waals surface area contributed by atoms with Crippen LogP contribution in [0.25, 0.3) is 11.0 Å². The van der Waals surface area contributed by atoms with Gasteiger partial charge in [-0.15, -0.1) is 0 Å². The SMILES string of the molecule is Cc1nc2c(c(C)c1CC(=O)N1CCC3(CCNC3)CC1)c(=O)[nH]n2C. The lowest BCUT2D eigenvalue weighted by Gasteiger charge is -2.39. The second-order valence-corrected chi connectivity index (χ2v) is 7.98. The van der Waals surface area contributed by atoms with Gasteiger partial charge < -0.3 is 10.2 Å². The lowest BCUT2D eigenvalue weighted by atomic mass is 9.78. The number of nitrogens with zero attached hydrogens (tertiary/aromatic N) is 3. The molecule has 2 saturated heterocycles. The molecule has 0 radical (unpaired) electrons. The Kier molecular flexibility index (Phi) is 4.14. The molecule has 140 valence electrons. The molecule has 2 aromatic heterocycles. The van der Waals surface area contributed by atoms with Crippen LogP contribution in [0.4, 0.5) is 0 Å². The number of aryl methyl sites for hydroxylation is 3. The second kappa shape index (κ2) is 6.23. The molecule has 7 heteroatoms. The zero-order valence-electron chi connectivity index (χ0n) is 15.8. The number of H-pyrrole nitrogens is 1. The molecule has 0 bridgehead atoms. The van der Waals surface area contributed by atoms with E-state index in [0.717, 1.165) is 55.8 Å². The molecule has 0 atom stereocenters. The quantitative estimate of drug-likeness (QED) is 0.841. The number of amides is 1. The minimum absolute atomic E-state index is 0.144. The Bertz CT molecular complexity index is 910. The van der Waals surface area contributed by atoms with Gasteiger partial charge in [0.05, 0.1) is 11.8 Å². The van der Waals surface area contributed by atoms with Crippen LogP contribution in [0, 0.1) is 19.3 Å². The van der Waals surface area contributed by atoms with Crippen LogP contribution in [-0.4, -0.2) is 51.8 Å². The number of hydrogen-bond donors (Lipinski definition) is 2. The van der Waals surface area contributed by atoms with Gasteiger partial charge in [0.15, 0.2) is 5.65 Å². The fourth-order valence-corrected chi connectivity index (χ4v) is 4.62. The molecule has 2 fully saturated rings. The summed E-state index contributed by atoms with van der Waals surface area (Å²) in [6.45, 7) is 7.70. The number of hydrogen-bond acceptors (Lipinski definition) is 4. The zero-order chi connectivity index (χ0) is 18.5. The molecule has 4 rings (SSSR count). The summed E-state index contributed by atoms with van der Waals surface area (Å²) in [4.78, 5) is 31.6. The van der Waals surface area contributed by atoms with Gasteiger partial charge in [0.2, 0.25) is 5.91 Å². The van der Waals surface area contributed by atoms with E-state index in [4.69, 9.17) is 0 Å². The number of carbonyl (C=O) groups is 1. The van der Waals surface area contributed by atoms with Crippen LogP contribution in [0.3, 0.4) is 0 Å². The van der Waals surface area contributed by atoms with E-state index in [1.54, 1.807) is 11.7 Å². The van der Waals surface area contributed by atoms with E-state index < -0.39 is 0 Å². The third-order valence-corrected chi connectivity index (χ3v) is 6.41. The molecule has 0 unspecified atom stereocenters. The Labute approximate surface area is 152 Å². The first-order valence-electron chi connectivity index (χ1n) is 9.43. The summed E-state index contributed by atoms with van der Waals surface area (Å²) in [5.74, 6) is 0.144. The molecular weight excluding hydrogens is 330 g/mol. The van der Waals surface area contributed by atoms with Gasteiger partial charge in [-0.1, -0.05) is 0 Å². The van der Waals surface area contributed by atoms with Crippen molar-refractivity contribution in [3.8, 4) is 0 Å². The maximum Gasteiger partial charge on any atom is 0.273 e. The molecule has 2 aliphatic heterocycles. The third-order valence-electron chi connectivity index (χ3n) is 6.41. The maximum atomic E-state index is 12.9. The first-order chi connectivity index (χ1) is 12.4. The topological polar surface area (TPSA) is 83.0 Å². The Balaban J connectivity index is 1.55. The van der Waals surface area contributed by atoms with Crippen molar-refractivity contribution >= 4 is 16.9 Å². The molecular formula is C19H27N5O2. The lowest BCUT2D eigenvalue weighted by molar-refractivity contribution is -0.132. The molecule has 0 aromatic carbocycles.